The van der Waals surface area contributed by atoms with Crippen LogP contribution in [0.2, 0.25) is 0 Å². The molecule has 21 heavy (non-hydrogen) atoms. The molecule has 0 bridgehead atoms. The summed E-state index contributed by atoms with van der Waals surface area (Å²) in [5.41, 5.74) is 3.20. The number of hydrogen-bond donors (Lipinski definition) is 3. The van der Waals surface area contributed by atoms with Gasteiger partial charge in [0.25, 0.3) is 5.56 Å². The maximum absolute atomic E-state index is 12.0. The van der Waals surface area contributed by atoms with Crippen molar-refractivity contribution >= 4 is 16.6 Å². The quantitative estimate of drug-likeness (QED) is 0.688. The molecule has 0 aliphatic heterocycles. The Kier molecular flexibility index (Phi) is 3.71. The molecule has 0 aliphatic rings. The SMILES string of the molecule is O=c1[nH]c2ccccc2cc1NCc1ccc(CO)cc1. The normalized spacial score (nSPS) is 10.7. The van der Waals surface area contributed by atoms with Gasteiger partial charge in [-0.15, -0.1) is 0 Å². The van der Waals surface area contributed by atoms with Gasteiger partial charge in [0.15, 0.2) is 0 Å². The van der Waals surface area contributed by atoms with Gasteiger partial charge in [0.2, 0.25) is 0 Å². The maximum atomic E-state index is 12.0. The fraction of sp³-hybridized carbons (Fsp3) is 0.118. The maximum Gasteiger partial charge on any atom is 0.271 e. The summed E-state index contributed by atoms with van der Waals surface area (Å²) in [6.07, 6.45) is 0. The zero-order valence-electron chi connectivity index (χ0n) is 11.5. The molecule has 0 unspecified atom stereocenters. The molecule has 2 aromatic carbocycles. The second-order valence-electron chi connectivity index (χ2n) is 4.93. The molecule has 4 nitrogen and oxygen atoms in total. The number of hydrogen-bond acceptors (Lipinski definition) is 3. The number of benzene rings is 2. The van der Waals surface area contributed by atoms with E-state index in [2.05, 4.69) is 10.3 Å². The van der Waals surface area contributed by atoms with Crippen molar-refractivity contribution in [2.45, 2.75) is 13.2 Å². The molecule has 3 N–H and O–H groups in total. The monoisotopic (exact) mass is 280 g/mol. The van der Waals surface area contributed by atoms with Crippen LogP contribution in [0.3, 0.4) is 0 Å². The zero-order chi connectivity index (χ0) is 14.7. The number of aromatic nitrogens is 1. The van der Waals surface area contributed by atoms with Crippen molar-refractivity contribution in [2.75, 3.05) is 5.32 Å². The number of aliphatic hydroxyl groups excluding tert-OH is 1. The molecule has 3 aromatic rings. The first-order valence-corrected chi connectivity index (χ1v) is 6.81. The summed E-state index contributed by atoms with van der Waals surface area (Å²) in [4.78, 5) is 14.9. The second kappa shape index (κ2) is 5.81. The van der Waals surface area contributed by atoms with Gasteiger partial charge in [-0.05, 0) is 23.3 Å². The van der Waals surface area contributed by atoms with E-state index >= 15 is 0 Å². The van der Waals surface area contributed by atoms with Crippen LogP contribution in [0.1, 0.15) is 11.1 Å². The van der Waals surface area contributed by atoms with E-state index < -0.39 is 0 Å². The Morgan fingerprint density at radius 2 is 1.71 bits per heavy atom. The van der Waals surface area contributed by atoms with Crippen molar-refractivity contribution in [2.24, 2.45) is 0 Å². The van der Waals surface area contributed by atoms with Crippen molar-refractivity contribution in [3.05, 3.63) is 76.1 Å². The van der Waals surface area contributed by atoms with Gasteiger partial charge in [-0.1, -0.05) is 42.5 Å². The van der Waals surface area contributed by atoms with E-state index in [-0.39, 0.29) is 12.2 Å². The lowest BCUT2D eigenvalue weighted by Crippen LogP contribution is -2.13. The average Bonchev–Trinajstić information content (AvgIpc) is 2.53. The molecule has 106 valence electrons. The summed E-state index contributed by atoms with van der Waals surface area (Å²) >= 11 is 0. The number of aliphatic hydroxyl groups is 1. The van der Waals surface area contributed by atoms with Crippen LogP contribution in [0.5, 0.6) is 0 Å². The van der Waals surface area contributed by atoms with E-state index in [1.165, 1.54) is 0 Å². The molecular weight excluding hydrogens is 264 g/mol. The van der Waals surface area contributed by atoms with Crippen LogP contribution in [0.4, 0.5) is 5.69 Å². The lowest BCUT2D eigenvalue weighted by Gasteiger charge is -2.07. The van der Waals surface area contributed by atoms with Gasteiger partial charge in [-0.25, -0.2) is 0 Å². The third kappa shape index (κ3) is 2.95. The lowest BCUT2D eigenvalue weighted by atomic mass is 10.1. The van der Waals surface area contributed by atoms with E-state index in [1.807, 2.05) is 54.6 Å². The summed E-state index contributed by atoms with van der Waals surface area (Å²) in [7, 11) is 0. The van der Waals surface area contributed by atoms with Crippen LogP contribution in [0.15, 0.2) is 59.4 Å². The Labute approximate surface area is 122 Å². The number of nitrogens with one attached hydrogen (secondary N) is 2. The van der Waals surface area contributed by atoms with Crippen LogP contribution in [0, 0.1) is 0 Å². The van der Waals surface area contributed by atoms with Crippen LogP contribution >= 0.6 is 0 Å². The molecule has 0 atom stereocenters. The Hall–Kier alpha value is -2.59. The molecule has 1 heterocycles. The number of rotatable bonds is 4. The lowest BCUT2D eigenvalue weighted by molar-refractivity contribution is 0.282. The molecule has 0 saturated heterocycles. The molecule has 0 aliphatic carbocycles. The molecule has 0 saturated carbocycles. The number of H-pyrrole nitrogens is 1. The number of anilines is 1. The van der Waals surface area contributed by atoms with Gasteiger partial charge in [0.05, 0.1) is 6.61 Å². The van der Waals surface area contributed by atoms with E-state index in [9.17, 15) is 4.79 Å². The van der Waals surface area contributed by atoms with Gasteiger partial charge in [0.1, 0.15) is 5.69 Å². The Balaban J connectivity index is 1.81. The fourth-order valence-corrected chi connectivity index (χ4v) is 2.24. The molecular formula is C17H16N2O2. The summed E-state index contributed by atoms with van der Waals surface area (Å²) in [6.45, 7) is 0.602. The van der Waals surface area contributed by atoms with Crippen molar-refractivity contribution in [3.8, 4) is 0 Å². The number of aromatic amines is 1. The first kappa shape index (κ1) is 13.4. The Morgan fingerprint density at radius 1 is 1.00 bits per heavy atom. The molecule has 0 fully saturated rings. The summed E-state index contributed by atoms with van der Waals surface area (Å²) in [5.74, 6) is 0. The minimum absolute atomic E-state index is 0.0397. The highest BCUT2D eigenvalue weighted by molar-refractivity contribution is 5.81. The molecule has 0 amide bonds. The molecule has 4 heteroatoms. The second-order valence-corrected chi connectivity index (χ2v) is 4.93. The Morgan fingerprint density at radius 3 is 2.48 bits per heavy atom. The predicted octanol–water partition coefficient (Wildman–Crippen LogP) is 2.63. The average molecular weight is 280 g/mol. The van der Waals surface area contributed by atoms with Gasteiger partial charge in [-0.2, -0.15) is 0 Å². The van der Waals surface area contributed by atoms with E-state index in [0.717, 1.165) is 22.0 Å². The number of fused-ring (bicyclic) bond motifs is 1. The van der Waals surface area contributed by atoms with Gasteiger partial charge in [-0.3, -0.25) is 4.79 Å². The minimum atomic E-state index is -0.124. The van der Waals surface area contributed by atoms with E-state index in [4.69, 9.17) is 5.11 Å². The van der Waals surface area contributed by atoms with Crippen molar-refractivity contribution < 1.29 is 5.11 Å². The van der Waals surface area contributed by atoms with Crippen molar-refractivity contribution in [1.29, 1.82) is 0 Å². The molecule has 0 spiro atoms. The summed E-state index contributed by atoms with van der Waals surface area (Å²) in [6, 6.07) is 17.2. The highest BCUT2D eigenvalue weighted by Crippen LogP contribution is 2.13. The minimum Gasteiger partial charge on any atom is -0.392 e. The van der Waals surface area contributed by atoms with Gasteiger partial charge >= 0.3 is 0 Å². The molecule has 3 rings (SSSR count). The van der Waals surface area contributed by atoms with Crippen LogP contribution in [0.25, 0.3) is 10.9 Å². The third-order valence-electron chi connectivity index (χ3n) is 3.44. The smallest absolute Gasteiger partial charge is 0.271 e. The first-order chi connectivity index (χ1) is 10.3. The first-order valence-electron chi connectivity index (χ1n) is 6.81. The van der Waals surface area contributed by atoms with Crippen LogP contribution < -0.4 is 10.9 Å². The summed E-state index contributed by atoms with van der Waals surface area (Å²) < 4.78 is 0. The van der Waals surface area contributed by atoms with Gasteiger partial charge < -0.3 is 15.4 Å². The van der Waals surface area contributed by atoms with E-state index in [0.29, 0.717) is 12.2 Å². The largest absolute Gasteiger partial charge is 0.392 e. The molecule has 1 aromatic heterocycles. The highest BCUT2D eigenvalue weighted by Gasteiger charge is 2.02. The zero-order valence-corrected chi connectivity index (χ0v) is 11.5. The highest BCUT2D eigenvalue weighted by atomic mass is 16.3. The van der Waals surface area contributed by atoms with Crippen LogP contribution in [-0.2, 0) is 13.2 Å². The standard InChI is InChI=1S/C17H16N2O2/c20-11-13-7-5-12(6-8-13)10-18-16-9-14-3-1-2-4-15(14)19-17(16)21/h1-9,18,20H,10-11H2,(H,19,21). The molecule has 0 radical (unpaired) electrons. The number of pyridine rings is 1. The van der Waals surface area contributed by atoms with Crippen LogP contribution in [-0.4, -0.2) is 10.1 Å². The third-order valence-corrected chi connectivity index (χ3v) is 3.44. The fourth-order valence-electron chi connectivity index (χ4n) is 2.24. The summed E-state index contributed by atoms with van der Waals surface area (Å²) in [5, 5.41) is 13.2. The van der Waals surface area contributed by atoms with E-state index in [1.54, 1.807) is 0 Å². The van der Waals surface area contributed by atoms with Gasteiger partial charge in [0, 0.05) is 17.4 Å². The predicted molar refractivity (Wildman–Crippen MR) is 84.3 cm³/mol. The topological polar surface area (TPSA) is 65.1 Å². The van der Waals surface area contributed by atoms with Crippen molar-refractivity contribution in [3.63, 3.8) is 0 Å². The number of para-hydroxylation sites is 1. The van der Waals surface area contributed by atoms with Crippen molar-refractivity contribution in [1.82, 2.24) is 4.98 Å². The Bertz CT molecular complexity index is 807.